The summed E-state index contributed by atoms with van der Waals surface area (Å²) in [7, 11) is 0. The lowest BCUT2D eigenvalue weighted by molar-refractivity contribution is -0.234. The first-order valence-electron chi connectivity index (χ1n) is 25.2. The molecule has 0 radical (unpaired) electrons. The molecule has 8 saturated heterocycles. The van der Waals surface area contributed by atoms with Crippen LogP contribution in [-0.2, 0) is 47.5 Å². The summed E-state index contributed by atoms with van der Waals surface area (Å²) < 4.78 is 46.8. The first-order valence-corrected chi connectivity index (χ1v) is 25.2. The predicted octanol–water partition coefficient (Wildman–Crippen LogP) is -3.70. The fourth-order valence-electron chi connectivity index (χ4n) is 10.0. The van der Waals surface area contributed by atoms with Crippen molar-refractivity contribution < 1.29 is 47.5 Å². The molecule has 66 heavy (non-hydrogen) atoms. The summed E-state index contributed by atoms with van der Waals surface area (Å²) in [6, 6.07) is 0. The predicted molar refractivity (Wildman–Crippen MR) is 243 cm³/mol. The Morgan fingerprint density at radius 1 is 0.288 bits per heavy atom. The number of morpholine rings is 6. The maximum atomic E-state index is 14.4. The zero-order chi connectivity index (χ0) is 45.2. The van der Waals surface area contributed by atoms with Gasteiger partial charge in [0.05, 0.1) is 106 Å². The highest BCUT2D eigenvalue weighted by molar-refractivity contribution is 6.29. The minimum Gasteiger partial charge on any atom is -0.424 e. The second kappa shape index (κ2) is 27.6. The molecule has 0 spiro atoms. The molecule has 0 aliphatic carbocycles. The van der Waals surface area contributed by atoms with E-state index in [1.54, 1.807) is 0 Å². The number of ether oxygens (including phenoxy) is 8. The molecule has 0 atom stereocenters. The van der Waals surface area contributed by atoms with Crippen LogP contribution in [0, 0.1) is 0 Å². The van der Waals surface area contributed by atoms with E-state index >= 15 is 0 Å². The maximum Gasteiger partial charge on any atom is 0.420 e. The van der Waals surface area contributed by atoms with Gasteiger partial charge in [0.15, 0.2) is 0 Å². The number of nitrogens with zero attached hydrogens (tertiary/aromatic N) is 12. The molecule has 0 aromatic carbocycles. The van der Waals surface area contributed by atoms with Crippen molar-refractivity contribution in [3.63, 3.8) is 0 Å². The van der Waals surface area contributed by atoms with E-state index in [0.29, 0.717) is 106 Å². The average molecular weight is 939 g/mol. The van der Waals surface area contributed by atoms with Gasteiger partial charge in [-0.3, -0.25) is 39.2 Å². The Balaban J connectivity index is 0.981. The summed E-state index contributed by atoms with van der Waals surface area (Å²) in [4.78, 5) is 57.2. The van der Waals surface area contributed by atoms with E-state index in [4.69, 9.17) is 37.9 Å². The van der Waals surface area contributed by atoms with Gasteiger partial charge in [-0.1, -0.05) is 0 Å². The van der Waals surface area contributed by atoms with Gasteiger partial charge >= 0.3 is 11.9 Å². The largest absolute Gasteiger partial charge is 0.424 e. The topological polar surface area (TPSA) is 147 Å². The second-order valence-electron chi connectivity index (χ2n) is 18.8. The third-order valence-electron chi connectivity index (χ3n) is 14.3. The van der Waals surface area contributed by atoms with Gasteiger partial charge in [-0.05, 0) is 0 Å². The van der Waals surface area contributed by atoms with Crippen LogP contribution in [0.2, 0.25) is 0 Å². The third kappa shape index (κ3) is 16.1. The van der Waals surface area contributed by atoms with E-state index in [9.17, 15) is 9.59 Å². The lowest BCUT2D eigenvalue weighted by Crippen LogP contribution is -2.66. The van der Waals surface area contributed by atoms with Gasteiger partial charge in [-0.2, -0.15) is 0 Å². The molecule has 22 heteroatoms. The van der Waals surface area contributed by atoms with Crippen LogP contribution in [0.5, 0.6) is 0 Å². The van der Waals surface area contributed by atoms with Crippen LogP contribution >= 0.6 is 0 Å². The summed E-state index contributed by atoms with van der Waals surface area (Å²) in [5.74, 6) is -1.91. The smallest absolute Gasteiger partial charge is 0.420 e. The molecular weight excluding hydrogens is 857 g/mol. The summed E-state index contributed by atoms with van der Waals surface area (Å²) >= 11 is 0. The Hall–Kier alpha value is -1.78. The van der Waals surface area contributed by atoms with Crippen LogP contribution in [0.15, 0.2) is 0 Å². The van der Waals surface area contributed by atoms with Gasteiger partial charge in [-0.25, -0.2) is 29.2 Å². The van der Waals surface area contributed by atoms with Crippen molar-refractivity contribution in [1.29, 1.82) is 0 Å². The van der Waals surface area contributed by atoms with E-state index in [0.717, 1.165) is 157 Å². The first kappa shape index (κ1) is 50.6. The standard InChI is InChI=1S/C44H82N12O10/c57-41(65-43-53(9-5-47-17-29-61-30-18-47)37-51(3-1-45-13-25-59-26-14-45)38-54(43)10-6-48-19-31-62-32-20-48)42(58)66-44-55(11-7-49-21-33-63-34-22-49)39-52(4-2-46-15-27-60-28-16-46)40-56(44)12-8-50-23-35-64-36-24-50/h43-44H,1-40H2. The van der Waals surface area contributed by atoms with Crippen molar-refractivity contribution in [2.45, 2.75) is 12.7 Å². The molecule has 0 amide bonds. The molecule has 22 nitrogen and oxygen atoms in total. The molecule has 8 aliphatic heterocycles. The fourth-order valence-corrected chi connectivity index (χ4v) is 10.0. The highest BCUT2D eigenvalue weighted by Crippen LogP contribution is 2.21. The maximum absolute atomic E-state index is 14.4. The van der Waals surface area contributed by atoms with Gasteiger partial charge in [0.1, 0.15) is 0 Å². The monoisotopic (exact) mass is 939 g/mol. The lowest BCUT2D eigenvalue weighted by Gasteiger charge is -2.49. The lowest BCUT2D eigenvalue weighted by atomic mass is 10.3. The molecule has 8 heterocycles. The Labute approximate surface area is 393 Å². The number of rotatable bonds is 20. The molecule has 378 valence electrons. The van der Waals surface area contributed by atoms with Gasteiger partial charge < -0.3 is 37.9 Å². The summed E-state index contributed by atoms with van der Waals surface area (Å²) in [5.41, 5.74) is 0. The minimum atomic E-state index is -0.953. The molecule has 8 aliphatic rings. The summed E-state index contributed by atoms with van der Waals surface area (Å²) in [6.45, 7) is 31.3. The minimum absolute atomic E-state index is 0.614. The highest BCUT2D eigenvalue weighted by atomic mass is 16.6. The Bertz CT molecular complexity index is 1230. The first-order chi connectivity index (χ1) is 32.5. The Morgan fingerprint density at radius 2 is 0.470 bits per heavy atom. The molecule has 0 aromatic rings. The third-order valence-corrected chi connectivity index (χ3v) is 14.3. The van der Waals surface area contributed by atoms with Crippen molar-refractivity contribution in [2.75, 3.05) is 263 Å². The number of carbonyl (C=O) groups excluding carboxylic acids is 2. The van der Waals surface area contributed by atoms with Crippen molar-refractivity contribution in [1.82, 2.24) is 58.8 Å². The number of hydrogen-bond acceptors (Lipinski definition) is 22. The van der Waals surface area contributed by atoms with E-state index in [1.165, 1.54) is 0 Å². The number of carbonyl (C=O) groups is 2. The Kier molecular flexibility index (Phi) is 21.1. The van der Waals surface area contributed by atoms with Crippen LogP contribution in [0.3, 0.4) is 0 Å². The zero-order valence-corrected chi connectivity index (χ0v) is 39.9. The number of esters is 2. The normalized spacial score (nSPS) is 26.8. The molecule has 8 rings (SSSR count). The van der Waals surface area contributed by atoms with Crippen molar-refractivity contribution in [3.05, 3.63) is 0 Å². The van der Waals surface area contributed by atoms with E-state index in [1.807, 2.05) is 0 Å². The van der Waals surface area contributed by atoms with Gasteiger partial charge in [0.25, 0.3) is 0 Å². The van der Waals surface area contributed by atoms with E-state index < -0.39 is 24.6 Å². The van der Waals surface area contributed by atoms with Gasteiger partial charge in [0.2, 0.25) is 12.7 Å². The molecule has 0 N–H and O–H groups in total. The quantitative estimate of drug-likeness (QED) is 0.0872. The highest BCUT2D eigenvalue weighted by Gasteiger charge is 2.41. The molecular formula is C44H82N12O10. The van der Waals surface area contributed by atoms with Crippen LogP contribution in [0.1, 0.15) is 0 Å². The van der Waals surface area contributed by atoms with Crippen LogP contribution < -0.4 is 0 Å². The number of hydrogen-bond donors (Lipinski definition) is 0. The van der Waals surface area contributed by atoms with Gasteiger partial charge in [0, 0.05) is 157 Å². The SMILES string of the molecule is O=C(OC1N(CCN2CCOCC2)CN(CCN2CCOCC2)CN1CCN1CCOCC1)C(=O)OC1N(CCN2CCOCC2)CN(CCN2CCOCC2)CN1CCN1CCOCC1. The van der Waals surface area contributed by atoms with Gasteiger partial charge in [-0.15, -0.1) is 0 Å². The molecule has 0 saturated carbocycles. The van der Waals surface area contributed by atoms with Crippen molar-refractivity contribution >= 4 is 11.9 Å². The molecule has 8 fully saturated rings. The average Bonchev–Trinajstić information content (AvgIpc) is 3.37. The fraction of sp³-hybridized carbons (Fsp3) is 0.955. The van der Waals surface area contributed by atoms with Crippen LogP contribution in [-0.4, -0.2) is 346 Å². The molecule has 0 unspecified atom stereocenters. The van der Waals surface area contributed by atoms with Crippen molar-refractivity contribution in [3.8, 4) is 0 Å². The second-order valence-corrected chi connectivity index (χ2v) is 18.8. The Morgan fingerprint density at radius 3 is 0.682 bits per heavy atom. The molecule has 0 bridgehead atoms. The summed E-state index contributed by atoms with van der Waals surface area (Å²) in [6.07, 6.45) is -1.47. The van der Waals surface area contributed by atoms with Crippen LogP contribution in [0.25, 0.3) is 0 Å². The summed E-state index contributed by atoms with van der Waals surface area (Å²) in [5, 5.41) is 0. The van der Waals surface area contributed by atoms with E-state index in [2.05, 4.69) is 58.8 Å². The van der Waals surface area contributed by atoms with E-state index in [-0.39, 0.29) is 0 Å². The van der Waals surface area contributed by atoms with Crippen molar-refractivity contribution in [2.24, 2.45) is 0 Å². The zero-order valence-electron chi connectivity index (χ0n) is 39.9. The molecule has 0 aromatic heterocycles. The van der Waals surface area contributed by atoms with Crippen LogP contribution in [0.4, 0.5) is 0 Å².